The fourth-order valence-electron chi connectivity index (χ4n) is 2.53. The minimum atomic E-state index is -0.409. The predicted octanol–water partition coefficient (Wildman–Crippen LogP) is 2.51. The number of nitrogens with zero attached hydrogens (tertiary/aromatic N) is 3. The highest BCUT2D eigenvalue weighted by Gasteiger charge is 2.15. The number of aromatic hydroxyl groups is 1. The van der Waals surface area contributed by atoms with Gasteiger partial charge < -0.3 is 14.2 Å². The molecular formula is C18H18N4O3. The van der Waals surface area contributed by atoms with E-state index in [2.05, 4.69) is 15.5 Å². The second kappa shape index (κ2) is 6.64. The van der Waals surface area contributed by atoms with Crippen molar-refractivity contribution in [3.63, 3.8) is 0 Å². The number of methoxy groups -OCH3 is 1. The first kappa shape index (κ1) is 16.5. The van der Waals surface area contributed by atoms with Crippen molar-refractivity contribution >= 4 is 17.3 Å². The van der Waals surface area contributed by atoms with Gasteiger partial charge in [0.1, 0.15) is 17.1 Å². The maximum absolute atomic E-state index is 12.4. The van der Waals surface area contributed by atoms with E-state index >= 15 is 0 Å². The third-order valence-corrected chi connectivity index (χ3v) is 3.90. The van der Waals surface area contributed by atoms with Crippen molar-refractivity contribution in [2.75, 3.05) is 7.11 Å². The van der Waals surface area contributed by atoms with Crippen molar-refractivity contribution in [3.05, 3.63) is 59.5 Å². The minimum absolute atomic E-state index is 0.0266. The Morgan fingerprint density at radius 3 is 2.80 bits per heavy atom. The first-order chi connectivity index (χ1) is 12.0. The largest absolute Gasteiger partial charge is 0.507 e. The van der Waals surface area contributed by atoms with Crippen molar-refractivity contribution in [1.82, 2.24) is 14.8 Å². The molecule has 0 fully saturated rings. The quantitative estimate of drug-likeness (QED) is 0.565. The fourth-order valence-corrected chi connectivity index (χ4v) is 2.53. The van der Waals surface area contributed by atoms with Gasteiger partial charge in [0.25, 0.3) is 5.91 Å². The molecule has 3 aromatic rings. The fraction of sp³-hybridized carbons (Fsp3) is 0.167. The number of phenols is 1. The summed E-state index contributed by atoms with van der Waals surface area (Å²) < 4.78 is 6.88. The zero-order valence-corrected chi connectivity index (χ0v) is 14.1. The van der Waals surface area contributed by atoms with Crippen LogP contribution in [-0.2, 0) is 0 Å². The number of phenolic OH excluding ortho intramolecular Hbond substituents is 1. The van der Waals surface area contributed by atoms with Crippen LogP contribution in [0.5, 0.6) is 11.5 Å². The second-order valence-corrected chi connectivity index (χ2v) is 5.50. The number of carbonyl (C=O) groups is 1. The van der Waals surface area contributed by atoms with E-state index in [0.717, 1.165) is 5.69 Å². The van der Waals surface area contributed by atoms with E-state index in [-0.39, 0.29) is 5.75 Å². The zero-order valence-electron chi connectivity index (χ0n) is 14.1. The number of aryl methyl sites for hydroxylation is 1. The maximum Gasteiger partial charge on any atom is 0.291 e. The number of hydrogen-bond acceptors (Lipinski definition) is 5. The number of amides is 1. The van der Waals surface area contributed by atoms with E-state index in [0.29, 0.717) is 28.4 Å². The number of carbonyl (C=O) groups excluding carboxylic acids is 1. The predicted molar refractivity (Wildman–Crippen MR) is 94.3 cm³/mol. The molecular weight excluding hydrogens is 320 g/mol. The van der Waals surface area contributed by atoms with Gasteiger partial charge >= 0.3 is 0 Å². The number of imidazole rings is 1. The number of ether oxygens (including phenoxy) is 1. The van der Waals surface area contributed by atoms with Crippen LogP contribution in [0, 0.1) is 6.92 Å². The summed E-state index contributed by atoms with van der Waals surface area (Å²) in [5.41, 5.74) is 5.19. The van der Waals surface area contributed by atoms with Gasteiger partial charge in [0.05, 0.1) is 18.5 Å². The van der Waals surface area contributed by atoms with Gasteiger partial charge in [-0.3, -0.25) is 4.79 Å². The van der Waals surface area contributed by atoms with E-state index in [1.807, 2.05) is 35.7 Å². The zero-order chi connectivity index (χ0) is 18.0. The molecule has 7 nitrogen and oxygen atoms in total. The number of hydrazone groups is 1. The number of hydrogen-bond donors (Lipinski definition) is 2. The van der Waals surface area contributed by atoms with Crippen LogP contribution in [0.4, 0.5) is 0 Å². The SMILES string of the molecule is COc1ccc(/C(C)=N/NC(=O)c2nc3ccccn3c2C)c(O)c1. The molecule has 0 unspecified atom stereocenters. The molecule has 128 valence electrons. The summed E-state index contributed by atoms with van der Waals surface area (Å²) in [5, 5.41) is 14.1. The highest BCUT2D eigenvalue weighted by molar-refractivity contribution is 6.02. The van der Waals surface area contributed by atoms with Crippen molar-refractivity contribution in [3.8, 4) is 11.5 Å². The van der Waals surface area contributed by atoms with Crippen LogP contribution in [-0.4, -0.2) is 33.2 Å². The van der Waals surface area contributed by atoms with Crippen LogP contribution in [0.1, 0.15) is 28.7 Å². The molecule has 0 bridgehead atoms. The maximum atomic E-state index is 12.4. The summed E-state index contributed by atoms with van der Waals surface area (Å²) in [6.07, 6.45) is 1.85. The molecule has 0 saturated heterocycles. The lowest BCUT2D eigenvalue weighted by atomic mass is 10.1. The van der Waals surface area contributed by atoms with Crippen LogP contribution < -0.4 is 10.2 Å². The summed E-state index contributed by atoms with van der Waals surface area (Å²) in [6, 6.07) is 10.4. The Kier molecular flexibility index (Phi) is 4.38. The smallest absolute Gasteiger partial charge is 0.291 e. The summed E-state index contributed by atoms with van der Waals surface area (Å²) in [6.45, 7) is 3.51. The Hall–Kier alpha value is -3.35. The third kappa shape index (κ3) is 3.16. The Balaban J connectivity index is 1.82. The summed E-state index contributed by atoms with van der Waals surface area (Å²) in [4.78, 5) is 16.7. The van der Waals surface area contributed by atoms with Gasteiger partial charge in [-0.25, -0.2) is 10.4 Å². The van der Waals surface area contributed by atoms with Crippen molar-refractivity contribution in [2.45, 2.75) is 13.8 Å². The average molecular weight is 338 g/mol. The highest BCUT2D eigenvalue weighted by atomic mass is 16.5. The number of rotatable bonds is 4. The molecule has 7 heteroatoms. The molecule has 2 heterocycles. The Bertz CT molecular complexity index is 976. The molecule has 0 aliphatic carbocycles. The van der Waals surface area contributed by atoms with Crippen LogP contribution >= 0.6 is 0 Å². The standard InChI is InChI=1S/C18H18N4O3/c1-11(14-8-7-13(25-3)10-15(14)23)20-21-18(24)17-12(2)22-9-5-4-6-16(22)19-17/h4-10,23H,1-3H3,(H,21,24)/b20-11+. The Morgan fingerprint density at radius 1 is 1.32 bits per heavy atom. The lowest BCUT2D eigenvalue weighted by Crippen LogP contribution is -2.20. The van der Waals surface area contributed by atoms with Gasteiger partial charge in [-0.2, -0.15) is 5.10 Å². The van der Waals surface area contributed by atoms with E-state index in [1.54, 1.807) is 19.1 Å². The average Bonchev–Trinajstić information content (AvgIpc) is 2.96. The summed E-state index contributed by atoms with van der Waals surface area (Å²) in [7, 11) is 1.52. The minimum Gasteiger partial charge on any atom is -0.507 e. The van der Waals surface area contributed by atoms with Gasteiger partial charge in [-0.1, -0.05) is 6.07 Å². The normalized spacial score (nSPS) is 11.6. The van der Waals surface area contributed by atoms with Gasteiger partial charge in [0.15, 0.2) is 5.69 Å². The molecule has 0 aliphatic heterocycles. The molecule has 0 atom stereocenters. The molecule has 0 radical (unpaired) electrons. The van der Waals surface area contributed by atoms with Crippen LogP contribution in [0.2, 0.25) is 0 Å². The number of fused-ring (bicyclic) bond motifs is 1. The molecule has 2 aromatic heterocycles. The number of nitrogens with one attached hydrogen (secondary N) is 1. The number of benzene rings is 1. The molecule has 25 heavy (non-hydrogen) atoms. The summed E-state index contributed by atoms with van der Waals surface area (Å²) in [5.74, 6) is 0.158. The van der Waals surface area contributed by atoms with Crippen LogP contribution in [0.25, 0.3) is 5.65 Å². The molecule has 0 spiro atoms. The molecule has 2 N–H and O–H groups in total. The van der Waals surface area contributed by atoms with E-state index in [1.165, 1.54) is 13.2 Å². The second-order valence-electron chi connectivity index (χ2n) is 5.50. The number of aromatic nitrogens is 2. The molecule has 3 rings (SSSR count). The van der Waals surface area contributed by atoms with Crippen molar-refractivity contribution < 1.29 is 14.6 Å². The highest BCUT2D eigenvalue weighted by Crippen LogP contribution is 2.23. The lowest BCUT2D eigenvalue weighted by Gasteiger charge is -2.07. The summed E-state index contributed by atoms with van der Waals surface area (Å²) >= 11 is 0. The lowest BCUT2D eigenvalue weighted by molar-refractivity contribution is 0.0949. The van der Waals surface area contributed by atoms with Gasteiger partial charge in [-0.05, 0) is 38.1 Å². The third-order valence-electron chi connectivity index (χ3n) is 3.90. The van der Waals surface area contributed by atoms with Crippen molar-refractivity contribution in [2.24, 2.45) is 5.10 Å². The van der Waals surface area contributed by atoms with Gasteiger partial charge in [0, 0.05) is 17.8 Å². The number of pyridine rings is 1. The van der Waals surface area contributed by atoms with E-state index in [4.69, 9.17) is 4.74 Å². The van der Waals surface area contributed by atoms with Gasteiger partial charge in [0.2, 0.25) is 0 Å². The Morgan fingerprint density at radius 2 is 2.12 bits per heavy atom. The first-order valence-corrected chi connectivity index (χ1v) is 7.67. The topological polar surface area (TPSA) is 88.2 Å². The van der Waals surface area contributed by atoms with Gasteiger partial charge in [-0.15, -0.1) is 0 Å². The van der Waals surface area contributed by atoms with Crippen molar-refractivity contribution in [1.29, 1.82) is 0 Å². The van der Waals surface area contributed by atoms with E-state index < -0.39 is 5.91 Å². The molecule has 1 aromatic carbocycles. The first-order valence-electron chi connectivity index (χ1n) is 7.67. The van der Waals surface area contributed by atoms with Crippen LogP contribution in [0.15, 0.2) is 47.7 Å². The van der Waals surface area contributed by atoms with Crippen LogP contribution in [0.3, 0.4) is 0 Å². The Labute approximate surface area is 144 Å². The van der Waals surface area contributed by atoms with E-state index in [9.17, 15) is 9.90 Å². The monoisotopic (exact) mass is 338 g/mol. The molecule has 0 aliphatic rings. The molecule has 1 amide bonds. The molecule has 0 saturated carbocycles.